The summed E-state index contributed by atoms with van der Waals surface area (Å²) in [4.78, 5) is 21.8. The second-order valence-electron chi connectivity index (χ2n) is 6.93. The van der Waals surface area contributed by atoms with Gasteiger partial charge in [-0.25, -0.2) is 4.98 Å². The first-order valence-corrected chi connectivity index (χ1v) is 10.3. The number of methoxy groups -OCH3 is 1. The van der Waals surface area contributed by atoms with Gasteiger partial charge in [-0.1, -0.05) is 0 Å². The monoisotopic (exact) mass is 478 g/mol. The summed E-state index contributed by atoms with van der Waals surface area (Å²) in [5.41, 5.74) is 2.43. The van der Waals surface area contributed by atoms with Gasteiger partial charge in [-0.2, -0.15) is 0 Å². The van der Waals surface area contributed by atoms with E-state index in [9.17, 15) is 4.79 Å². The molecule has 1 aromatic carbocycles. The maximum Gasteiger partial charge on any atom is 0.262 e. The Morgan fingerprint density at radius 2 is 1.85 bits per heavy atom. The van der Waals surface area contributed by atoms with Crippen LogP contribution in [0.25, 0.3) is 0 Å². The van der Waals surface area contributed by atoms with Gasteiger partial charge in [0.15, 0.2) is 0 Å². The normalized spacial score (nSPS) is 17.6. The number of hydrogen-bond donors (Lipinski definition) is 1. The number of rotatable bonds is 5. The van der Waals surface area contributed by atoms with E-state index < -0.39 is 0 Å². The summed E-state index contributed by atoms with van der Waals surface area (Å²) in [5, 5.41) is 2.94. The number of carbonyl (C=O) groups is 1. The number of anilines is 2. The van der Waals surface area contributed by atoms with Crippen LogP contribution in [-0.4, -0.2) is 55.1 Å². The van der Waals surface area contributed by atoms with Gasteiger partial charge in [-0.3, -0.25) is 9.69 Å². The molecule has 1 aromatic heterocycles. The molecule has 27 heavy (non-hydrogen) atoms. The minimum absolute atomic E-state index is 0.213. The highest BCUT2D eigenvalue weighted by atomic mass is 127. The van der Waals surface area contributed by atoms with Crippen LogP contribution in [0.15, 0.2) is 36.5 Å². The van der Waals surface area contributed by atoms with Gasteiger partial charge in [0.2, 0.25) is 5.88 Å². The molecular formula is C20H23IN4O2. The molecule has 2 fully saturated rings. The molecule has 0 radical (unpaired) electrons. The molecule has 2 heterocycles. The number of nitrogens with one attached hydrogen (secondary N) is 1. The minimum atomic E-state index is -0.213. The number of halogens is 1. The molecular weight excluding hydrogens is 455 g/mol. The van der Waals surface area contributed by atoms with Crippen LogP contribution in [0.5, 0.6) is 5.88 Å². The zero-order valence-corrected chi connectivity index (χ0v) is 17.5. The Hall–Kier alpha value is -1.87. The number of aromatic nitrogens is 1. The standard InChI is InChI=1S/C20H23IN4O2/c1-27-20-18(17(21)8-9-22-20)19(26)23-14-2-4-15(5-3-14)24-10-12-25(13-11-24)16-6-7-16/h2-5,8-9,16H,6-7,10-13H2,1H3,(H,23,26). The average molecular weight is 478 g/mol. The number of benzene rings is 1. The van der Waals surface area contributed by atoms with Gasteiger partial charge in [-0.05, 0) is 65.8 Å². The Bertz CT molecular complexity index is 815. The van der Waals surface area contributed by atoms with E-state index in [1.54, 1.807) is 12.3 Å². The molecule has 4 rings (SSSR count). The van der Waals surface area contributed by atoms with Crippen molar-refractivity contribution in [2.75, 3.05) is 43.5 Å². The Kier molecular flexibility index (Phi) is 5.49. The number of pyridine rings is 1. The molecule has 1 N–H and O–H groups in total. The summed E-state index contributed by atoms with van der Waals surface area (Å²) < 4.78 is 6.03. The first-order valence-electron chi connectivity index (χ1n) is 9.24. The summed E-state index contributed by atoms with van der Waals surface area (Å²) in [7, 11) is 1.52. The Labute approximate surface area is 173 Å². The fourth-order valence-corrected chi connectivity index (χ4v) is 4.15. The summed E-state index contributed by atoms with van der Waals surface area (Å²) >= 11 is 2.12. The van der Waals surface area contributed by atoms with Crippen LogP contribution in [-0.2, 0) is 0 Å². The van der Waals surface area contributed by atoms with Gasteiger partial charge in [0.05, 0.1) is 7.11 Å². The molecule has 0 atom stereocenters. The van der Waals surface area contributed by atoms with Crippen LogP contribution in [0.2, 0.25) is 0 Å². The predicted molar refractivity (Wildman–Crippen MR) is 115 cm³/mol. The Morgan fingerprint density at radius 3 is 2.48 bits per heavy atom. The minimum Gasteiger partial charge on any atom is -0.480 e. The number of carbonyl (C=O) groups excluding carboxylic acids is 1. The number of amides is 1. The van der Waals surface area contributed by atoms with Crippen LogP contribution in [0.4, 0.5) is 11.4 Å². The maximum atomic E-state index is 12.7. The number of ether oxygens (including phenoxy) is 1. The maximum absolute atomic E-state index is 12.7. The van der Waals surface area contributed by atoms with Crippen LogP contribution < -0.4 is 15.0 Å². The summed E-state index contributed by atoms with van der Waals surface area (Å²) in [6.07, 6.45) is 4.37. The van der Waals surface area contributed by atoms with E-state index in [0.29, 0.717) is 11.4 Å². The van der Waals surface area contributed by atoms with E-state index in [1.165, 1.54) is 25.6 Å². The average Bonchev–Trinajstić information content (AvgIpc) is 3.53. The number of nitrogens with zero attached hydrogens (tertiary/aromatic N) is 3. The highest BCUT2D eigenvalue weighted by Gasteiger charge is 2.31. The van der Waals surface area contributed by atoms with Crippen molar-refractivity contribution in [2.24, 2.45) is 0 Å². The van der Waals surface area contributed by atoms with Gasteiger partial charge < -0.3 is 15.0 Å². The topological polar surface area (TPSA) is 57.7 Å². The van der Waals surface area contributed by atoms with Crippen LogP contribution in [0, 0.1) is 3.57 Å². The molecule has 0 spiro atoms. The van der Waals surface area contributed by atoms with E-state index in [0.717, 1.165) is 41.5 Å². The molecule has 1 aliphatic carbocycles. The summed E-state index contributed by atoms with van der Waals surface area (Å²) in [6.45, 7) is 4.41. The quantitative estimate of drug-likeness (QED) is 0.669. The molecule has 1 aliphatic heterocycles. The Morgan fingerprint density at radius 1 is 1.15 bits per heavy atom. The van der Waals surface area contributed by atoms with Crippen molar-refractivity contribution in [2.45, 2.75) is 18.9 Å². The summed E-state index contributed by atoms with van der Waals surface area (Å²) in [6, 6.07) is 10.7. The molecule has 1 saturated carbocycles. The highest BCUT2D eigenvalue weighted by Crippen LogP contribution is 2.29. The van der Waals surface area contributed by atoms with E-state index in [2.05, 4.69) is 54.8 Å². The third kappa shape index (κ3) is 4.19. The van der Waals surface area contributed by atoms with Crippen LogP contribution >= 0.6 is 22.6 Å². The van der Waals surface area contributed by atoms with E-state index in [1.807, 2.05) is 12.1 Å². The van der Waals surface area contributed by atoms with Gasteiger partial charge in [0.25, 0.3) is 5.91 Å². The molecule has 2 aliphatic rings. The van der Waals surface area contributed by atoms with Crippen molar-refractivity contribution < 1.29 is 9.53 Å². The molecule has 7 heteroatoms. The van der Waals surface area contributed by atoms with Crippen LogP contribution in [0.1, 0.15) is 23.2 Å². The molecule has 1 amide bonds. The lowest BCUT2D eigenvalue weighted by Gasteiger charge is -2.36. The fraction of sp³-hybridized carbons (Fsp3) is 0.400. The van der Waals surface area contributed by atoms with Crippen molar-refractivity contribution in [3.05, 3.63) is 45.7 Å². The Balaban J connectivity index is 1.40. The smallest absolute Gasteiger partial charge is 0.262 e. The van der Waals surface area contributed by atoms with Gasteiger partial charge in [0.1, 0.15) is 5.56 Å². The first-order chi connectivity index (χ1) is 13.2. The van der Waals surface area contributed by atoms with Gasteiger partial charge in [-0.15, -0.1) is 0 Å². The largest absolute Gasteiger partial charge is 0.480 e. The second-order valence-corrected chi connectivity index (χ2v) is 8.09. The molecule has 142 valence electrons. The van der Waals surface area contributed by atoms with Crippen molar-refractivity contribution in [1.82, 2.24) is 9.88 Å². The van der Waals surface area contributed by atoms with Crippen molar-refractivity contribution in [3.8, 4) is 5.88 Å². The lowest BCUT2D eigenvalue weighted by Crippen LogP contribution is -2.47. The molecule has 1 saturated heterocycles. The van der Waals surface area contributed by atoms with E-state index in [-0.39, 0.29) is 5.91 Å². The van der Waals surface area contributed by atoms with Gasteiger partial charge >= 0.3 is 0 Å². The number of piperazine rings is 1. The highest BCUT2D eigenvalue weighted by molar-refractivity contribution is 14.1. The lowest BCUT2D eigenvalue weighted by molar-refractivity contribution is 0.102. The second kappa shape index (κ2) is 8.02. The SMILES string of the molecule is COc1nccc(I)c1C(=O)Nc1ccc(N2CCN(C3CC3)CC2)cc1. The van der Waals surface area contributed by atoms with Crippen LogP contribution in [0.3, 0.4) is 0 Å². The zero-order valence-electron chi connectivity index (χ0n) is 15.3. The third-order valence-electron chi connectivity index (χ3n) is 5.15. The van der Waals surface area contributed by atoms with Crippen molar-refractivity contribution in [1.29, 1.82) is 0 Å². The molecule has 6 nitrogen and oxygen atoms in total. The van der Waals surface area contributed by atoms with E-state index >= 15 is 0 Å². The number of hydrogen-bond acceptors (Lipinski definition) is 5. The lowest BCUT2D eigenvalue weighted by atomic mass is 10.2. The summed E-state index contributed by atoms with van der Waals surface area (Å²) in [5.74, 6) is 0.125. The molecule has 2 aromatic rings. The van der Waals surface area contributed by atoms with Crippen molar-refractivity contribution in [3.63, 3.8) is 0 Å². The van der Waals surface area contributed by atoms with Crippen molar-refractivity contribution >= 4 is 39.9 Å². The van der Waals surface area contributed by atoms with Gasteiger partial charge in [0, 0.05) is 53.4 Å². The molecule has 0 bridgehead atoms. The third-order valence-corrected chi connectivity index (χ3v) is 6.05. The predicted octanol–water partition coefficient (Wildman–Crippen LogP) is 3.23. The zero-order chi connectivity index (χ0) is 18.8. The first kappa shape index (κ1) is 18.5. The fourth-order valence-electron chi connectivity index (χ4n) is 3.51. The molecule has 0 unspecified atom stereocenters. The van der Waals surface area contributed by atoms with E-state index in [4.69, 9.17) is 4.74 Å².